The maximum absolute atomic E-state index is 12.2. The van der Waals surface area contributed by atoms with Gasteiger partial charge in [0.05, 0.1) is 14.2 Å². The van der Waals surface area contributed by atoms with Crippen LogP contribution in [-0.2, 0) is 9.39 Å². The number of aliphatic hydroxyl groups excluding tert-OH is 1. The van der Waals surface area contributed by atoms with Crippen LogP contribution in [0.25, 0.3) is 5.59 Å². The van der Waals surface area contributed by atoms with Gasteiger partial charge in [0.25, 0.3) is 0 Å². The van der Waals surface area contributed by atoms with Crippen LogP contribution in [-0.4, -0.2) is 84.9 Å². The summed E-state index contributed by atoms with van der Waals surface area (Å²) >= 11 is 0. The number of fused-ring (bicyclic) bond motifs is 2. The molecule has 2 unspecified atom stereocenters. The van der Waals surface area contributed by atoms with Crippen LogP contribution in [0.2, 0.25) is 12.6 Å². The van der Waals surface area contributed by atoms with Crippen molar-refractivity contribution in [2.45, 2.75) is 44.1 Å². The number of ether oxygens (including phenoxy) is 4. The minimum absolute atomic E-state index is 0. The molecular formula is C25H32B2N3NaO13. The van der Waals surface area contributed by atoms with Gasteiger partial charge in [0, 0.05) is 50.8 Å². The van der Waals surface area contributed by atoms with Gasteiger partial charge in [-0.2, -0.15) is 0 Å². The van der Waals surface area contributed by atoms with Crippen LogP contribution in [0.5, 0.6) is 23.0 Å². The topological polar surface area (TPSA) is 241 Å². The first-order chi connectivity index (χ1) is 20.4. The maximum atomic E-state index is 12.2. The number of cyclic esters (lactones) is 1. The molecule has 2 aromatic carbocycles. The van der Waals surface area contributed by atoms with Crippen molar-refractivity contribution in [2.75, 3.05) is 27.4 Å². The number of methoxy groups -OCH3 is 2. The van der Waals surface area contributed by atoms with Crippen molar-refractivity contribution in [3.8, 4) is 23.0 Å². The van der Waals surface area contributed by atoms with E-state index >= 15 is 0 Å². The Hall–Kier alpha value is -3.09. The second-order valence-electron chi connectivity index (χ2n) is 9.92. The molecule has 19 heteroatoms. The summed E-state index contributed by atoms with van der Waals surface area (Å²) in [6.45, 7) is 3.56. The Morgan fingerprint density at radius 1 is 1.07 bits per heavy atom. The van der Waals surface area contributed by atoms with E-state index < -0.39 is 32.0 Å². The molecule has 0 amide bonds. The quantitative estimate of drug-likeness (QED) is 0.104. The van der Waals surface area contributed by atoms with Crippen molar-refractivity contribution in [1.29, 1.82) is 5.53 Å². The molecule has 3 aliphatic heterocycles. The number of hydrogen-bond acceptors (Lipinski definition) is 14. The summed E-state index contributed by atoms with van der Waals surface area (Å²) in [5.74, 6) is -1.98. The van der Waals surface area contributed by atoms with Crippen molar-refractivity contribution in [3.05, 3.63) is 52.1 Å². The maximum Gasteiger partial charge on any atom is 1.00 e. The number of aromatic carboxylic acids is 1. The number of carboxylic acid groups (broad SMARTS) is 1. The molecule has 6 N–H and O–H groups in total. The number of rotatable bonds is 6. The summed E-state index contributed by atoms with van der Waals surface area (Å²) in [5, 5.41) is 46.9. The summed E-state index contributed by atoms with van der Waals surface area (Å²) in [4.78, 5) is 23.5. The molecule has 5 rings (SSSR count). The number of nitrogens with zero attached hydrogens (tertiary/aromatic N) is 2. The number of aliphatic hydroxyl groups is 1. The predicted octanol–water partition coefficient (Wildman–Crippen LogP) is -0.384. The first-order valence-electron chi connectivity index (χ1n) is 12.9. The Labute approximate surface area is 275 Å². The largest absolute Gasteiger partial charge is 1.00 e. The van der Waals surface area contributed by atoms with Crippen molar-refractivity contribution in [2.24, 2.45) is 5.22 Å². The SMILES string of the molecule is COc1ccc(C2COB(O)C2)c2c1C(=O)OC(C)(C)O2.COc1ccc2c(c1C(=O)O)OB(O)CC2CO.N=N[N-]O.[Na+]. The second kappa shape index (κ2) is 16.3. The summed E-state index contributed by atoms with van der Waals surface area (Å²) in [6.07, 6.45) is 0.701. The van der Waals surface area contributed by atoms with Crippen LogP contribution < -0.4 is 48.4 Å². The Morgan fingerprint density at radius 2 is 1.68 bits per heavy atom. The number of esters is 1. The van der Waals surface area contributed by atoms with Crippen LogP contribution in [0.1, 0.15) is 57.5 Å². The van der Waals surface area contributed by atoms with Gasteiger partial charge < -0.3 is 59.3 Å². The van der Waals surface area contributed by atoms with Gasteiger partial charge in [-0.3, -0.25) is 10.8 Å². The van der Waals surface area contributed by atoms with Gasteiger partial charge in [-0.25, -0.2) is 9.59 Å². The molecule has 16 nitrogen and oxygen atoms in total. The van der Waals surface area contributed by atoms with E-state index in [1.807, 2.05) is 11.7 Å². The number of carbonyl (C=O) groups is 2. The normalized spacial score (nSPS) is 19.0. The van der Waals surface area contributed by atoms with E-state index in [1.165, 1.54) is 20.3 Å². The zero-order chi connectivity index (χ0) is 31.9. The molecule has 0 aliphatic carbocycles. The fourth-order valence-corrected chi connectivity index (χ4v) is 4.87. The number of nitrogens with one attached hydrogen (secondary N) is 1. The summed E-state index contributed by atoms with van der Waals surface area (Å²) in [6, 6.07) is 6.72. The van der Waals surface area contributed by atoms with Crippen molar-refractivity contribution in [3.63, 3.8) is 0 Å². The number of carboxylic acids is 1. The molecule has 1 saturated heterocycles. The minimum atomic E-state index is -1.20. The molecule has 44 heavy (non-hydrogen) atoms. The molecule has 0 bridgehead atoms. The number of hydrogen-bond donors (Lipinski definition) is 6. The van der Waals surface area contributed by atoms with Gasteiger partial charge in [-0.15, -0.1) is 0 Å². The molecular weight excluding hydrogens is 595 g/mol. The molecule has 232 valence electrons. The summed E-state index contributed by atoms with van der Waals surface area (Å²) in [5.41, 5.74) is 9.24. The van der Waals surface area contributed by atoms with Crippen LogP contribution in [0, 0.1) is 5.53 Å². The van der Waals surface area contributed by atoms with Gasteiger partial charge in [-0.1, -0.05) is 12.1 Å². The van der Waals surface area contributed by atoms with E-state index in [2.05, 4.69) is 5.22 Å². The fraction of sp³-hybridized carbons (Fsp3) is 0.440. The molecule has 0 radical (unpaired) electrons. The third-order valence-corrected chi connectivity index (χ3v) is 6.70. The van der Waals surface area contributed by atoms with Crippen LogP contribution in [0.4, 0.5) is 0 Å². The standard InChI is InChI=1S/C14H17BO6.C11H13BO6.H2N3O.Na/c1-14(2)20-12-9(8-6-15(17)19-7-8)4-5-10(18-3)11(12)13(16)21-14;1-17-8-3-2-7-6(5-13)4-12(16)18-10(7)9(8)11(14)15;1-2-3-4;/h4-5,8,17H,6-7H2,1-3H3;2-3,6,13,16H,4-5H2,1H3,(H,14,15);(H2-,1,2,3,4);/q;;-1;+1. The Bertz CT molecular complexity index is 1340. The molecule has 2 atom stereocenters. The van der Waals surface area contributed by atoms with Gasteiger partial charge >= 0.3 is 55.7 Å². The number of carbonyl (C=O) groups excluding carboxylic acids is 1. The molecule has 0 aromatic heterocycles. The summed E-state index contributed by atoms with van der Waals surface area (Å²) < 4.78 is 31.7. The van der Waals surface area contributed by atoms with Crippen LogP contribution in [0.3, 0.4) is 0 Å². The van der Waals surface area contributed by atoms with E-state index in [1.54, 1.807) is 26.0 Å². The summed E-state index contributed by atoms with van der Waals surface area (Å²) in [7, 11) is 0.943. The van der Waals surface area contributed by atoms with Crippen molar-refractivity contribution >= 4 is 26.2 Å². The van der Waals surface area contributed by atoms with Crippen molar-refractivity contribution < 1.29 is 92.9 Å². The monoisotopic (exact) mass is 627 g/mol. The predicted molar refractivity (Wildman–Crippen MR) is 148 cm³/mol. The van der Waals surface area contributed by atoms with Gasteiger partial charge in [0.1, 0.15) is 34.1 Å². The Morgan fingerprint density at radius 3 is 2.20 bits per heavy atom. The molecule has 3 heterocycles. The second-order valence-corrected chi connectivity index (χ2v) is 9.92. The van der Waals surface area contributed by atoms with Crippen LogP contribution >= 0.6 is 0 Å². The van der Waals surface area contributed by atoms with E-state index in [0.717, 1.165) is 5.56 Å². The fourth-order valence-electron chi connectivity index (χ4n) is 4.87. The van der Waals surface area contributed by atoms with Gasteiger partial charge in [0.2, 0.25) is 5.79 Å². The Kier molecular flexibility index (Phi) is 13.7. The average molecular weight is 627 g/mol. The first-order valence-corrected chi connectivity index (χ1v) is 12.9. The average Bonchev–Trinajstić information content (AvgIpc) is 3.40. The van der Waals surface area contributed by atoms with Crippen LogP contribution in [0.15, 0.2) is 29.5 Å². The zero-order valence-electron chi connectivity index (χ0n) is 24.8. The third kappa shape index (κ3) is 8.54. The molecule has 2 aromatic rings. The zero-order valence-corrected chi connectivity index (χ0v) is 26.8. The first kappa shape index (κ1) is 37.1. The number of benzene rings is 2. The smallest absolute Gasteiger partial charge is 0.535 e. The van der Waals surface area contributed by atoms with E-state index in [9.17, 15) is 29.9 Å². The molecule has 0 spiro atoms. The van der Waals surface area contributed by atoms with E-state index in [0.29, 0.717) is 30.0 Å². The van der Waals surface area contributed by atoms with E-state index in [4.69, 9.17) is 39.0 Å². The van der Waals surface area contributed by atoms with E-state index in [-0.39, 0.29) is 76.9 Å². The molecule has 3 aliphatic rings. The van der Waals surface area contributed by atoms with Gasteiger partial charge in [-0.05, 0) is 24.0 Å². The molecule has 1 fully saturated rings. The minimum Gasteiger partial charge on any atom is -0.535 e. The Balaban J connectivity index is 0.000000271. The van der Waals surface area contributed by atoms with Crippen molar-refractivity contribution in [1.82, 2.24) is 0 Å². The van der Waals surface area contributed by atoms with Gasteiger partial charge in [0.15, 0.2) is 0 Å². The third-order valence-electron chi connectivity index (χ3n) is 6.70. The molecule has 0 saturated carbocycles.